The molecule has 17 heavy (non-hydrogen) atoms. The first kappa shape index (κ1) is 12.1. The van der Waals surface area contributed by atoms with E-state index < -0.39 is 0 Å². The standard InChI is InChI=1S/C14H18FNO/c1-16(13-9-5-4-8-12(13)15)10-14(17)11-6-2-3-7-11/h4-5,8-9,11H,2-3,6-7,10H2,1H3. The second-order valence-corrected chi connectivity index (χ2v) is 4.76. The molecule has 0 unspecified atom stereocenters. The maximum absolute atomic E-state index is 13.5. The highest BCUT2D eigenvalue weighted by molar-refractivity contribution is 5.85. The number of rotatable bonds is 4. The van der Waals surface area contributed by atoms with Gasteiger partial charge in [0.1, 0.15) is 5.82 Å². The molecule has 0 radical (unpaired) electrons. The van der Waals surface area contributed by atoms with Crippen molar-refractivity contribution in [2.45, 2.75) is 25.7 Å². The third kappa shape index (κ3) is 2.84. The van der Waals surface area contributed by atoms with E-state index in [0.29, 0.717) is 12.2 Å². The summed E-state index contributed by atoms with van der Waals surface area (Å²) in [6, 6.07) is 6.57. The zero-order valence-corrected chi connectivity index (χ0v) is 10.2. The van der Waals surface area contributed by atoms with Crippen LogP contribution in [0.25, 0.3) is 0 Å². The topological polar surface area (TPSA) is 20.3 Å². The molecular weight excluding hydrogens is 217 g/mol. The van der Waals surface area contributed by atoms with Gasteiger partial charge in [-0.05, 0) is 25.0 Å². The minimum Gasteiger partial charge on any atom is -0.365 e. The molecule has 1 aliphatic carbocycles. The van der Waals surface area contributed by atoms with Gasteiger partial charge in [-0.2, -0.15) is 0 Å². The highest BCUT2D eigenvalue weighted by atomic mass is 19.1. The molecular formula is C14H18FNO. The fourth-order valence-corrected chi connectivity index (χ4v) is 2.46. The van der Waals surface area contributed by atoms with E-state index in [9.17, 15) is 9.18 Å². The molecule has 0 aromatic heterocycles. The number of halogens is 1. The van der Waals surface area contributed by atoms with E-state index >= 15 is 0 Å². The lowest BCUT2D eigenvalue weighted by molar-refractivity contribution is -0.121. The Morgan fingerprint density at radius 2 is 2.00 bits per heavy atom. The predicted molar refractivity (Wildman–Crippen MR) is 66.6 cm³/mol. The average Bonchev–Trinajstić information content (AvgIpc) is 2.82. The van der Waals surface area contributed by atoms with Crippen LogP contribution in [0, 0.1) is 11.7 Å². The van der Waals surface area contributed by atoms with Gasteiger partial charge in [0.25, 0.3) is 0 Å². The smallest absolute Gasteiger partial charge is 0.155 e. The molecule has 3 heteroatoms. The fourth-order valence-electron chi connectivity index (χ4n) is 2.46. The summed E-state index contributed by atoms with van der Waals surface area (Å²) in [7, 11) is 1.77. The Labute approximate surface area is 101 Å². The third-order valence-corrected chi connectivity index (χ3v) is 3.47. The lowest BCUT2D eigenvalue weighted by Crippen LogP contribution is -2.29. The van der Waals surface area contributed by atoms with Gasteiger partial charge >= 0.3 is 0 Å². The maximum Gasteiger partial charge on any atom is 0.155 e. The number of ketones is 1. The van der Waals surface area contributed by atoms with Gasteiger partial charge in [0.05, 0.1) is 12.2 Å². The molecule has 2 nitrogen and oxygen atoms in total. The summed E-state index contributed by atoms with van der Waals surface area (Å²) < 4.78 is 13.5. The van der Waals surface area contributed by atoms with E-state index in [1.54, 1.807) is 30.1 Å². The quantitative estimate of drug-likeness (QED) is 0.799. The highest BCUT2D eigenvalue weighted by Crippen LogP contribution is 2.26. The number of benzene rings is 1. The average molecular weight is 235 g/mol. The van der Waals surface area contributed by atoms with Crippen LogP contribution in [0.3, 0.4) is 0 Å². The molecule has 0 bridgehead atoms. The number of anilines is 1. The third-order valence-electron chi connectivity index (χ3n) is 3.47. The maximum atomic E-state index is 13.5. The number of nitrogens with zero attached hydrogens (tertiary/aromatic N) is 1. The van der Waals surface area contributed by atoms with E-state index in [1.807, 2.05) is 0 Å². The molecule has 0 atom stereocenters. The first-order valence-corrected chi connectivity index (χ1v) is 6.17. The van der Waals surface area contributed by atoms with Gasteiger partial charge in [-0.1, -0.05) is 25.0 Å². The SMILES string of the molecule is CN(CC(=O)C1CCCC1)c1ccccc1F. The second-order valence-electron chi connectivity index (χ2n) is 4.76. The molecule has 0 spiro atoms. The first-order chi connectivity index (χ1) is 8.18. The molecule has 1 aromatic carbocycles. The van der Waals surface area contributed by atoms with Crippen molar-refractivity contribution in [3.05, 3.63) is 30.1 Å². The van der Waals surface area contributed by atoms with Crippen LogP contribution in [-0.2, 0) is 4.79 Å². The van der Waals surface area contributed by atoms with E-state index in [2.05, 4.69) is 0 Å². The van der Waals surface area contributed by atoms with Gasteiger partial charge in [0.2, 0.25) is 0 Å². The zero-order chi connectivity index (χ0) is 12.3. The molecule has 0 amide bonds. The van der Waals surface area contributed by atoms with Gasteiger partial charge in [-0.3, -0.25) is 4.79 Å². The molecule has 1 aromatic rings. The Bertz CT molecular complexity index is 399. The van der Waals surface area contributed by atoms with Crippen LogP contribution in [0.1, 0.15) is 25.7 Å². The minimum absolute atomic E-state index is 0.198. The number of carbonyl (C=O) groups is 1. The van der Waals surface area contributed by atoms with Crippen LogP contribution in [0.4, 0.5) is 10.1 Å². The van der Waals surface area contributed by atoms with Crippen molar-refractivity contribution < 1.29 is 9.18 Å². The van der Waals surface area contributed by atoms with Crippen molar-refractivity contribution in [3.63, 3.8) is 0 Å². The van der Waals surface area contributed by atoms with Crippen LogP contribution in [0.15, 0.2) is 24.3 Å². The Hall–Kier alpha value is -1.38. The summed E-state index contributed by atoms with van der Waals surface area (Å²) >= 11 is 0. The van der Waals surface area contributed by atoms with Crippen molar-refractivity contribution in [2.75, 3.05) is 18.5 Å². The zero-order valence-electron chi connectivity index (χ0n) is 10.2. The summed E-state index contributed by atoms with van der Waals surface area (Å²) in [5.74, 6) is 0.173. The van der Waals surface area contributed by atoms with Crippen molar-refractivity contribution in [2.24, 2.45) is 5.92 Å². The monoisotopic (exact) mass is 235 g/mol. The molecule has 1 saturated carbocycles. The molecule has 0 heterocycles. The number of Topliss-reactive ketones (excluding diaryl/α,β-unsaturated/α-hetero) is 1. The Morgan fingerprint density at radius 1 is 1.35 bits per heavy atom. The van der Waals surface area contributed by atoms with Crippen molar-refractivity contribution >= 4 is 11.5 Å². The molecule has 92 valence electrons. The van der Waals surface area contributed by atoms with Crippen molar-refractivity contribution in [1.29, 1.82) is 0 Å². The molecule has 1 aliphatic rings. The molecule has 2 rings (SSSR count). The van der Waals surface area contributed by atoms with Crippen molar-refractivity contribution in [3.8, 4) is 0 Å². The Kier molecular flexibility index (Phi) is 3.77. The van der Waals surface area contributed by atoms with Crippen LogP contribution in [0.5, 0.6) is 0 Å². The molecule has 0 aliphatic heterocycles. The Balaban J connectivity index is 1.99. The summed E-state index contributed by atoms with van der Waals surface area (Å²) in [4.78, 5) is 13.7. The summed E-state index contributed by atoms with van der Waals surface area (Å²) in [6.45, 7) is 0.311. The number of hydrogen-bond donors (Lipinski definition) is 0. The molecule has 0 saturated heterocycles. The normalized spacial score (nSPS) is 16.1. The number of para-hydroxylation sites is 1. The number of hydrogen-bond acceptors (Lipinski definition) is 2. The first-order valence-electron chi connectivity index (χ1n) is 6.17. The van der Waals surface area contributed by atoms with E-state index in [4.69, 9.17) is 0 Å². The number of carbonyl (C=O) groups excluding carboxylic acids is 1. The van der Waals surface area contributed by atoms with Crippen LogP contribution in [-0.4, -0.2) is 19.4 Å². The minimum atomic E-state index is -0.269. The summed E-state index contributed by atoms with van der Waals surface area (Å²) in [5.41, 5.74) is 0.499. The van der Waals surface area contributed by atoms with E-state index in [1.165, 1.54) is 6.07 Å². The predicted octanol–water partition coefficient (Wildman–Crippen LogP) is 3.02. The van der Waals surface area contributed by atoms with Crippen LogP contribution >= 0.6 is 0 Å². The van der Waals surface area contributed by atoms with Gasteiger partial charge in [-0.25, -0.2) is 4.39 Å². The number of likely N-dealkylation sites (N-methyl/N-ethyl adjacent to an activating group) is 1. The van der Waals surface area contributed by atoms with E-state index in [-0.39, 0.29) is 17.5 Å². The summed E-state index contributed by atoms with van der Waals surface area (Å²) in [5, 5.41) is 0. The lowest BCUT2D eigenvalue weighted by Gasteiger charge is -2.20. The van der Waals surface area contributed by atoms with E-state index in [0.717, 1.165) is 25.7 Å². The van der Waals surface area contributed by atoms with Gasteiger partial charge in [-0.15, -0.1) is 0 Å². The van der Waals surface area contributed by atoms with Gasteiger partial charge in [0, 0.05) is 13.0 Å². The van der Waals surface area contributed by atoms with Crippen molar-refractivity contribution in [1.82, 2.24) is 0 Å². The largest absolute Gasteiger partial charge is 0.365 e. The second kappa shape index (κ2) is 5.30. The van der Waals surface area contributed by atoms with Crippen LogP contribution < -0.4 is 4.90 Å². The van der Waals surface area contributed by atoms with Gasteiger partial charge < -0.3 is 4.90 Å². The Morgan fingerprint density at radius 3 is 2.65 bits per heavy atom. The molecule has 0 N–H and O–H groups in total. The molecule has 1 fully saturated rings. The lowest BCUT2D eigenvalue weighted by atomic mass is 10.0. The summed E-state index contributed by atoms with van der Waals surface area (Å²) in [6.07, 6.45) is 4.31. The highest BCUT2D eigenvalue weighted by Gasteiger charge is 2.23. The van der Waals surface area contributed by atoms with Gasteiger partial charge in [0.15, 0.2) is 5.78 Å². The van der Waals surface area contributed by atoms with Crippen LogP contribution in [0.2, 0.25) is 0 Å². The fraction of sp³-hybridized carbons (Fsp3) is 0.500.